The van der Waals surface area contributed by atoms with Gasteiger partial charge in [-0.25, -0.2) is 9.97 Å². The fraction of sp³-hybridized carbons (Fsp3) is 0.118. The van der Waals surface area contributed by atoms with E-state index < -0.39 is 11.1 Å². The maximum atomic E-state index is 13.6. The van der Waals surface area contributed by atoms with Crippen molar-refractivity contribution in [2.45, 2.75) is 38.8 Å². The molecule has 0 unspecified atom stereocenters. The van der Waals surface area contributed by atoms with Gasteiger partial charge in [-0.2, -0.15) is 0 Å². The van der Waals surface area contributed by atoms with Gasteiger partial charge in [0.25, 0.3) is 0 Å². The Morgan fingerprint density at radius 2 is 0.763 bits per heavy atom. The Labute approximate surface area is 342 Å². The maximum Gasteiger partial charge on any atom is 0.316 e. The molecule has 3 aliphatic heterocycles. The highest BCUT2D eigenvalue weighted by Crippen LogP contribution is 2.40. The summed E-state index contributed by atoms with van der Waals surface area (Å²) in [5.41, 5.74) is 13.4. The fourth-order valence-electron chi connectivity index (χ4n) is 8.36. The number of nitrogens with zero attached hydrogens (tertiary/aromatic N) is 4. The van der Waals surface area contributed by atoms with E-state index >= 15 is 0 Å². The summed E-state index contributed by atoms with van der Waals surface area (Å²) in [7, 11) is 0. The average molecular weight is 770 g/mol. The number of hydrogen-bond acceptors (Lipinski definition) is 4. The van der Waals surface area contributed by atoms with Crippen LogP contribution in [0.3, 0.4) is 0 Å². The molecule has 1 radical (unpaired) electrons. The summed E-state index contributed by atoms with van der Waals surface area (Å²) in [4.78, 5) is 18.3. The SMILES string of the molecule is CC1(C)N([O])C(c2ccc(-c3c4nc(c(-c5ccccc5)c5ccc([nH]5)c(-c5ccccc5)c5nc(c(-c6ccccc6)c6ccc3[nH]6)C=C5)C=C4)cc2)=[N+]([O-])C1(C)C. The minimum atomic E-state index is -0.922. The van der Waals surface area contributed by atoms with Crippen molar-refractivity contribution < 1.29 is 9.95 Å². The summed E-state index contributed by atoms with van der Waals surface area (Å²) in [6.07, 6.45) is 8.34. The second kappa shape index (κ2) is 13.7. The molecule has 0 amide bonds. The summed E-state index contributed by atoms with van der Waals surface area (Å²) < 4.78 is 0.855. The van der Waals surface area contributed by atoms with Crippen LogP contribution in [-0.2, 0) is 5.21 Å². The number of aromatic amines is 2. The molecule has 0 spiro atoms. The summed E-state index contributed by atoms with van der Waals surface area (Å²) in [6, 6.07) is 47.2. The average Bonchev–Trinajstić information content (AvgIpc) is 4.11. The van der Waals surface area contributed by atoms with E-state index in [-0.39, 0.29) is 5.84 Å². The number of benzene rings is 4. The van der Waals surface area contributed by atoms with Crippen molar-refractivity contribution in [2.24, 2.45) is 0 Å². The number of hydrogen-bond donors (Lipinski definition) is 2. The van der Waals surface area contributed by atoms with Crippen LogP contribution in [0.25, 0.3) is 90.9 Å². The molecule has 59 heavy (non-hydrogen) atoms. The molecule has 3 aliphatic rings. The fourth-order valence-corrected chi connectivity index (χ4v) is 8.36. The monoisotopic (exact) mass is 769 g/mol. The van der Waals surface area contributed by atoms with Gasteiger partial charge in [-0.3, -0.25) is 4.74 Å². The minimum Gasteiger partial charge on any atom is -0.714 e. The van der Waals surface area contributed by atoms with Crippen molar-refractivity contribution in [3.8, 4) is 44.5 Å². The molecule has 10 rings (SSSR count). The summed E-state index contributed by atoms with van der Waals surface area (Å²) >= 11 is 0. The molecule has 6 heterocycles. The van der Waals surface area contributed by atoms with Crippen molar-refractivity contribution in [2.75, 3.05) is 0 Å². The molecule has 0 atom stereocenters. The first-order chi connectivity index (χ1) is 28.6. The zero-order valence-electron chi connectivity index (χ0n) is 33.2. The first kappa shape index (κ1) is 36.1. The number of amidine groups is 1. The molecule has 7 aromatic rings. The van der Waals surface area contributed by atoms with E-state index in [4.69, 9.17) is 9.97 Å². The standard InChI is InChI=1S/C51H41N6O2/c1-50(2)51(3,4)57(59)49(56(50)58)36-22-20-35(21-23-36)48-43-30-28-41(54-43)46(33-16-10-6-11-17-33)39-26-24-37(52-39)45(32-14-8-5-9-15-32)38-25-27-40(53-38)47(34-18-12-7-13-19-34)42-29-31-44(48)55-42/h5-31,52,55H,1-4H3. The van der Waals surface area contributed by atoms with E-state index in [0.29, 0.717) is 5.56 Å². The topological polar surface area (TPSA) is 107 Å². The van der Waals surface area contributed by atoms with E-state index in [0.717, 1.165) is 99.2 Å². The van der Waals surface area contributed by atoms with Crippen LogP contribution >= 0.6 is 0 Å². The molecule has 8 nitrogen and oxygen atoms in total. The minimum absolute atomic E-state index is 0.106. The second-order valence-corrected chi connectivity index (χ2v) is 16.2. The highest BCUT2D eigenvalue weighted by molar-refractivity contribution is 6.01. The van der Waals surface area contributed by atoms with Gasteiger partial charge in [0.1, 0.15) is 5.54 Å². The predicted molar refractivity (Wildman–Crippen MR) is 239 cm³/mol. The van der Waals surface area contributed by atoms with Crippen LogP contribution in [0, 0.1) is 5.21 Å². The Morgan fingerprint density at radius 1 is 0.458 bits per heavy atom. The van der Waals surface area contributed by atoms with Gasteiger partial charge in [0.05, 0.1) is 28.3 Å². The van der Waals surface area contributed by atoms with Gasteiger partial charge in [0.15, 0.2) is 5.54 Å². The molecule has 4 aromatic carbocycles. The first-order valence-corrected chi connectivity index (χ1v) is 19.9. The Morgan fingerprint density at radius 3 is 1.07 bits per heavy atom. The largest absolute Gasteiger partial charge is 0.714 e. The number of rotatable bonds is 5. The van der Waals surface area contributed by atoms with Crippen molar-refractivity contribution in [1.82, 2.24) is 25.0 Å². The van der Waals surface area contributed by atoms with E-state index in [9.17, 15) is 10.4 Å². The molecule has 3 aromatic heterocycles. The molecular formula is C51H41N6O2. The van der Waals surface area contributed by atoms with Gasteiger partial charge < -0.3 is 15.2 Å². The van der Waals surface area contributed by atoms with Gasteiger partial charge in [-0.1, -0.05) is 108 Å². The summed E-state index contributed by atoms with van der Waals surface area (Å²) in [6.45, 7) is 7.24. The molecule has 0 saturated heterocycles. The van der Waals surface area contributed by atoms with Gasteiger partial charge in [-0.15, -0.1) is 0 Å². The van der Waals surface area contributed by atoms with E-state index in [1.165, 1.54) is 0 Å². The predicted octanol–water partition coefficient (Wildman–Crippen LogP) is 11.8. The lowest BCUT2D eigenvalue weighted by Gasteiger charge is -2.32. The first-order valence-electron chi connectivity index (χ1n) is 19.9. The molecule has 8 bridgehead atoms. The van der Waals surface area contributed by atoms with Crippen molar-refractivity contribution >= 4 is 52.2 Å². The zero-order chi connectivity index (χ0) is 40.5. The zero-order valence-corrected chi connectivity index (χ0v) is 33.2. The maximum absolute atomic E-state index is 13.6. The van der Waals surface area contributed by atoms with Gasteiger partial charge in [0.2, 0.25) is 0 Å². The number of nitrogens with one attached hydrogen (secondary N) is 2. The highest BCUT2D eigenvalue weighted by atomic mass is 16.5. The Hall–Kier alpha value is -7.29. The number of hydroxylamine groups is 3. The van der Waals surface area contributed by atoms with Crippen molar-refractivity contribution in [1.29, 1.82) is 0 Å². The van der Waals surface area contributed by atoms with Gasteiger partial charge in [-0.05, 0) is 111 Å². The highest BCUT2D eigenvalue weighted by Gasteiger charge is 2.59. The number of fused-ring (bicyclic) bond motifs is 8. The Balaban J connectivity index is 1.30. The lowest BCUT2D eigenvalue weighted by molar-refractivity contribution is -0.539. The lowest BCUT2D eigenvalue weighted by Crippen LogP contribution is -2.53. The van der Waals surface area contributed by atoms with E-state index in [1.54, 1.807) is 0 Å². The number of H-pyrrole nitrogens is 2. The van der Waals surface area contributed by atoms with Crippen LogP contribution in [-0.4, -0.2) is 46.7 Å². The summed E-state index contributed by atoms with van der Waals surface area (Å²) in [5, 5.41) is 28.0. The quantitative estimate of drug-likeness (QED) is 0.134. The van der Waals surface area contributed by atoms with Gasteiger partial charge >= 0.3 is 5.84 Å². The molecule has 8 heteroatoms. The molecule has 0 fully saturated rings. The van der Waals surface area contributed by atoms with Crippen LogP contribution in [0.15, 0.2) is 140 Å². The Kier molecular flexibility index (Phi) is 8.36. The lowest BCUT2D eigenvalue weighted by atomic mass is 9.84. The molecule has 0 saturated carbocycles. The smallest absolute Gasteiger partial charge is 0.316 e. The van der Waals surface area contributed by atoms with E-state index in [1.807, 2.05) is 94.4 Å². The van der Waals surface area contributed by atoms with E-state index in [2.05, 4.69) is 107 Å². The van der Waals surface area contributed by atoms with Crippen LogP contribution in [0.1, 0.15) is 56.0 Å². The van der Waals surface area contributed by atoms with Crippen molar-refractivity contribution in [3.05, 3.63) is 173 Å². The Bertz CT molecular complexity index is 3010. The van der Waals surface area contributed by atoms with Crippen LogP contribution < -0.4 is 0 Å². The molecule has 2 N–H and O–H groups in total. The molecule has 287 valence electrons. The summed E-state index contributed by atoms with van der Waals surface area (Å²) in [5.74, 6) is 0.106. The normalized spacial score (nSPS) is 15.3. The third-order valence-corrected chi connectivity index (χ3v) is 12.3. The third-order valence-electron chi connectivity index (χ3n) is 12.3. The van der Waals surface area contributed by atoms with Crippen LogP contribution in [0.5, 0.6) is 0 Å². The van der Waals surface area contributed by atoms with Gasteiger partial charge in [0, 0.05) is 49.5 Å². The second-order valence-electron chi connectivity index (χ2n) is 16.2. The molecule has 0 aliphatic carbocycles. The molecular weight excluding hydrogens is 729 g/mol. The number of aromatic nitrogens is 4. The third kappa shape index (κ3) is 5.83. The van der Waals surface area contributed by atoms with Crippen LogP contribution in [0.2, 0.25) is 0 Å². The van der Waals surface area contributed by atoms with Crippen LogP contribution in [0.4, 0.5) is 0 Å². The van der Waals surface area contributed by atoms with Crippen molar-refractivity contribution in [3.63, 3.8) is 0 Å².